The molecule has 4 heteroatoms. The fourth-order valence-corrected chi connectivity index (χ4v) is 1.46. The smallest absolute Gasteiger partial charge is 0.292 e. The van der Waals surface area contributed by atoms with Crippen molar-refractivity contribution in [2.75, 3.05) is 0 Å². The van der Waals surface area contributed by atoms with Gasteiger partial charge in [0.25, 0.3) is 5.35 Å². The highest BCUT2D eigenvalue weighted by molar-refractivity contribution is 6.27. The van der Waals surface area contributed by atoms with Crippen LogP contribution in [-0.2, 0) is 0 Å². The van der Waals surface area contributed by atoms with E-state index in [1.165, 1.54) is 12.1 Å². The van der Waals surface area contributed by atoms with E-state index in [9.17, 15) is 4.39 Å². The van der Waals surface area contributed by atoms with Crippen molar-refractivity contribution in [2.24, 2.45) is 0 Å². The van der Waals surface area contributed by atoms with Gasteiger partial charge in [-0.05, 0) is 30.7 Å². The number of halogens is 2. The summed E-state index contributed by atoms with van der Waals surface area (Å²) < 4.78 is 18.0. The molecular formula is C10H7ClFNO. The highest BCUT2D eigenvalue weighted by atomic mass is 35.5. The molecule has 0 unspecified atom stereocenters. The van der Waals surface area contributed by atoms with Crippen LogP contribution >= 0.6 is 11.6 Å². The number of oxazole rings is 1. The molecule has 1 aromatic carbocycles. The molecule has 0 N–H and O–H groups in total. The third-order valence-electron chi connectivity index (χ3n) is 1.86. The first-order valence-electron chi connectivity index (χ1n) is 4.05. The van der Waals surface area contributed by atoms with Crippen molar-refractivity contribution in [3.05, 3.63) is 41.1 Å². The molecule has 0 radical (unpaired) electrons. The Bertz CT molecular complexity index is 467. The van der Waals surface area contributed by atoms with Crippen LogP contribution in [0.2, 0.25) is 5.35 Å². The Labute approximate surface area is 85.3 Å². The number of aromatic nitrogens is 1. The van der Waals surface area contributed by atoms with Crippen molar-refractivity contribution in [2.45, 2.75) is 6.92 Å². The molecule has 1 heterocycles. The van der Waals surface area contributed by atoms with Crippen LogP contribution in [-0.4, -0.2) is 4.98 Å². The maximum atomic E-state index is 12.9. The second-order valence-corrected chi connectivity index (χ2v) is 3.22. The van der Waals surface area contributed by atoms with Gasteiger partial charge in [0.15, 0.2) is 5.76 Å². The predicted molar refractivity (Wildman–Crippen MR) is 51.6 cm³/mol. The van der Waals surface area contributed by atoms with E-state index in [4.69, 9.17) is 16.0 Å². The van der Waals surface area contributed by atoms with Gasteiger partial charge in [-0.15, -0.1) is 0 Å². The fourth-order valence-electron chi connectivity index (χ4n) is 1.26. The lowest BCUT2D eigenvalue weighted by Gasteiger charge is -1.96. The minimum Gasteiger partial charge on any atom is -0.427 e. The quantitative estimate of drug-likeness (QED) is 0.722. The van der Waals surface area contributed by atoms with Crippen LogP contribution in [0.4, 0.5) is 4.39 Å². The molecule has 2 aromatic rings. The van der Waals surface area contributed by atoms with Gasteiger partial charge in [0.1, 0.15) is 5.82 Å². The maximum absolute atomic E-state index is 12.9. The molecule has 2 nitrogen and oxygen atoms in total. The Hall–Kier alpha value is -1.35. The number of benzene rings is 1. The maximum Gasteiger partial charge on any atom is 0.292 e. The SMILES string of the molecule is Cc1nc(Cl)oc1-c1cccc(F)c1. The number of rotatable bonds is 1. The fraction of sp³-hybridized carbons (Fsp3) is 0.100. The zero-order chi connectivity index (χ0) is 10.1. The van der Waals surface area contributed by atoms with E-state index in [1.54, 1.807) is 19.1 Å². The summed E-state index contributed by atoms with van der Waals surface area (Å²) in [5, 5.41) is 0.0711. The van der Waals surface area contributed by atoms with Crippen molar-refractivity contribution in [1.29, 1.82) is 0 Å². The number of aryl methyl sites for hydroxylation is 1. The van der Waals surface area contributed by atoms with E-state index in [1.807, 2.05) is 0 Å². The lowest BCUT2D eigenvalue weighted by atomic mass is 10.1. The van der Waals surface area contributed by atoms with Crippen molar-refractivity contribution in [1.82, 2.24) is 4.98 Å². The van der Waals surface area contributed by atoms with E-state index in [0.29, 0.717) is 17.0 Å². The van der Waals surface area contributed by atoms with Gasteiger partial charge < -0.3 is 4.42 Å². The van der Waals surface area contributed by atoms with Gasteiger partial charge in [-0.2, -0.15) is 0 Å². The molecule has 0 aliphatic rings. The first kappa shape index (κ1) is 9.21. The molecule has 72 valence electrons. The summed E-state index contributed by atoms with van der Waals surface area (Å²) in [5.41, 5.74) is 1.29. The Morgan fingerprint density at radius 3 is 2.79 bits per heavy atom. The molecule has 0 amide bonds. The zero-order valence-electron chi connectivity index (χ0n) is 7.42. The Morgan fingerprint density at radius 2 is 2.21 bits per heavy atom. The zero-order valence-corrected chi connectivity index (χ0v) is 8.18. The van der Waals surface area contributed by atoms with Crippen LogP contribution in [0.1, 0.15) is 5.69 Å². The van der Waals surface area contributed by atoms with Gasteiger partial charge in [0.05, 0.1) is 5.69 Å². The van der Waals surface area contributed by atoms with E-state index >= 15 is 0 Å². The number of hydrogen-bond donors (Lipinski definition) is 0. The lowest BCUT2D eigenvalue weighted by molar-refractivity contribution is 0.572. The molecule has 0 spiro atoms. The van der Waals surface area contributed by atoms with Crippen LogP contribution in [0.15, 0.2) is 28.7 Å². The Balaban J connectivity index is 2.54. The molecule has 0 bridgehead atoms. The highest BCUT2D eigenvalue weighted by Gasteiger charge is 2.10. The molecule has 2 rings (SSSR count). The van der Waals surface area contributed by atoms with Gasteiger partial charge in [-0.1, -0.05) is 12.1 Å². The standard InChI is InChI=1S/C10H7ClFNO/c1-6-9(14-10(11)13-6)7-3-2-4-8(12)5-7/h2-5H,1H3. The van der Waals surface area contributed by atoms with Crippen LogP contribution < -0.4 is 0 Å². The normalized spacial score (nSPS) is 10.5. The monoisotopic (exact) mass is 211 g/mol. The molecule has 0 aliphatic heterocycles. The lowest BCUT2D eigenvalue weighted by Crippen LogP contribution is -1.80. The van der Waals surface area contributed by atoms with Gasteiger partial charge >= 0.3 is 0 Å². The van der Waals surface area contributed by atoms with Gasteiger partial charge in [-0.3, -0.25) is 0 Å². The van der Waals surface area contributed by atoms with E-state index in [2.05, 4.69) is 4.98 Å². The van der Waals surface area contributed by atoms with Crippen molar-refractivity contribution in [3.8, 4) is 11.3 Å². The minimum absolute atomic E-state index is 0.0711. The summed E-state index contributed by atoms with van der Waals surface area (Å²) in [7, 11) is 0. The Kier molecular flexibility index (Phi) is 2.25. The van der Waals surface area contributed by atoms with Crippen molar-refractivity contribution >= 4 is 11.6 Å². The molecule has 0 saturated carbocycles. The Morgan fingerprint density at radius 1 is 1.43 bits per heavy atom. The summed E-state index contributed by atoms with van der Waals surface area (Å²) in [6, 6.07) is 6.11. The summed E-state index contributed by atoms with van der Waals surface area (Å²) >= 11 is 5.58. The molecule has 1 aromatic heterocycles. The third-order valence-corrected chi connectivity index (χ3v) is 2.02. The second-order valence-electron chi connectivity index (χ2n) is 2.89. The molecule has 0 saturated heterocycles. The van der Waals surface area contributed by atoms with Gasteiger partial charge in [-0.25, -0.2) is 9.37 Å². The van der Waals surface area contributed by atoms with Gasteiger partial charge in [0.2, 0.25) is 0 Å². The molecule has 0 fully saturated rings. The van der Waals surface area contributed by atoms with E-state index < -0.39 is 0 Å². The average molecular weight is 212 g/mol. The summed E-state index contributed by atoms with van der Waals surface area (Å²) in [4.78, 5) is 3.89. The van der Waals surface area contributed by atoms with Crippen LogP contribution in [0.5, 0.6) is 0 Å². The molecule has 0 aliphatic carbocycles. The molecule has 14 heavy (non-hydrogen) atoms. The highest BCUT2D eigenvalue weighted by Crippen LogP contribution is 2.26. The largest absolute Gasteiger partial charge is 0.427 e. The van der Waals surface area contributed by atoms with Crippen molar-refractivity contribution < 1.29 is 8.81 Å². The molecule has 0 atom stereocenters. The van der Waals surface area contributed by atoms with E-state index in [-0.39, 0.29) is 11.2 Å². The van der Waals surface area contributed by atoms with Crippen LogP contribution in [0.3, 0.4) is 0 Å². The number of hydrogen-bond acceptors (Lipinski definition) is 2. The second kappa shape index (κ2) is 3.42. The topological polar surface area (TPSA) is 26.0 Å². The number of nitrogens with zero attached hydrogens (tertiary/aromatic N) is 1. The predicted octanol–water partition coefficient (Wildman–Crippen LogP) is 3.44. The minimum atomic E-state index is -0.311. The summed E-state index contributed by atoms with van der Waals surface area (Å²) in [6.45, 7) is 1.76. The van der Waals surface area contributed by atoms with Crippen LogP contribution in [0.25, 0.3) is 11.3 Å². The summed E-state index contributed by atoms with van der Waals surface area (Å²) in [5.74, 6) is 0.198. The average Bonchev–Trinajstić information content (AvgIpc) is 2.45. The summed E-state index contributed by atoms with van der Waals surface area (Å²) in [6.07, 6.45) is 0. The van der Waals surface area contributed by atoms with E-state index in [0.717, 1.165) is 0 Å². The first-order valence-corrected chi connectivity index (χ1v) is 4.43. The van der Waals surface area contributed by atoms with Gasteiger partial charge in [0, 0.05) is 5.56 Å². The molecular weight excluding hydrogens is 205 g/mol. The third kappa shape index (κ3) is 1.63. The van der Waals surface area contributed by atoms with Crippen molar-refractivity contribution in [3.63, 3.8) is 0 Å². The van der Waals surface area contributed by atoms with Crippen LogP contribution in [0, 0.1) is 12.7 Å². The first-order chi connectivity index (χ1) is 6.66.